The zero-order valence-electron chi connectivity index (χ0n) is 18.2. The average Bonchev–Trinajstić information content (AvgIpc) is 2.95. The van der Waals surface area contributed by atoms with Crippen molar-refractivity contribution < 1.29 is 23.9 Å². The molecular formula is C24H26N2O5. The van der Waals surface area contributed by atoms with Gasteiger partial charge in [-0.3, -0.25) is 24.1 Å². The van der Waals surface area contributed by atoms with Gasteiger partial charge in [-0.2, -0.15) is 0 Å². The number of carbonyl (C=O) groups excluding carboxylic acids is 4. The minimum Gasteiger partial charge on any atom is -0.453 e. The van der Waals surface area contributed by atoms with Crippen LogP contribution in [0.25, 0.3) is 0 Å². The molecule has 7 heteroatoms. The highest BCUT2D eigenvalue weighted by Crippen LogP contribution is 2.23. The van der Waals surface area contributed by atoms with Gasteiger partial charge in [0.05, 0.1) is 11.1 Å². The third-order valence-corrected chi connectivity index (χ3v) is 5.24. The first-order valence-corrected chi connectivity index (χ1v) is 10.2. The van der Waals surface area contributed by atoms with Gasteiger partial charge >= 0.3 is 5.97 Å². The number of carbonyl (C=O) groups is 4. The van der Waals surface area contributed by atoms with Crippen molar-refractivity contribution >= 4 is 29.4 Å². The van der Waals surface area contributed by atoms with Gasteiger partial charge in [0.2, 0.25) is 0 Å². The van der Waals surface area contributed by atoms with E-state index in [0.717, 1.165) is 21.6 Å². The smallest absolute Gasteiger partial charge is 0.306 e. The van der Waals surface area contributed by atoms with Crippen LogP contribution in [0, 0.1) is 20.8 Å². The fraction of sp³-hybridized carbons (Fsp3) is 0.333. The number of rotatable bonds is 7. The lowest BCUT2D eigenvalue weighted by atomic mass is 10.0. The van der Waals surface area contributed by atoms with Gasteiger partial charge in [0.1, 0.15) is 0 Å². The van der Waals surface area contributed by atoms with E-state index in [2.05, 4.69) is 5.32 Å². The molecule has 0 spiro atoms. The number of hydrogen-bond donors (Lipinski definition) is 1. The summed E-state index contributed by atoms with van der Waals surface area (Å²) in [6.45, 7) is 7.43. The lowest BCUT2D eigenvalue weighted by Gasteiger charge is -2.17. The third-order valence-electron chi connectivity index (χ3n) is 5.24. The molecule has 0 fully saturated rings. The Labute approximate surface area is 181 Å². The summed E-state index contributed by atoms with van der Waals surface area (Å²) in [5.74, 6) is -1.68. The number of nitrogens with zero attached hydrogens (tertiary/aromatic N) is 1. The first-order valence-electron chi connectivity index (χ1n) is 10.2. The van der Waals surface area contributed by atoms with E-state index < -0.39 is 18.0 Å². The van der Waals surface area contributed by atoms with Crippen molar-refractivity contribution in [1.29, 1.82) is 0 Å². The predicted molar refractivity (Wildman–Crippen MR) is 116 cm³/mol. The van der Waals surface area contributed by atoms with Crippen molar-refractivity contribution in [3.63, 3.8) is 0 Å². The highest BCUT2D eigenvalue weighted by molar-refractivity contribution is 6.21. The number of benzene rings is 2. The van der Waals surface area contributed by atoms with Crippen molar-refractivity contribution in [2.75, 3.05) is 11.9 Å². The first kappa shape index (κ1) is 22.2. The maximum Gasteiger partial charge on any atom is 0.306 e. The van der Waals surface area contributed by atoms with Gasteiger partial charge in [-0.15, -0.1) is 0 Å². The molecule has 2 aromatic rings. The molecule has 0 unspecified atom stereocenters. The molecule has 1 aliphatic heterocycles. The minimum atomic E-state index is -0.966. The molecule has 7 nitrogen and oxygen atoms in total. The maximum absolute atomic E-state index is 12.4. The molecule has 0 aliphatic carbocycles. The molecule has 3 amide bonds. The fourth-order valence-electron chi connectivity index (χ4n) is 3.74. The van der Waals surface area contributed by atoms with Gasteiger partial charge in [0.25, 0.3) is 17.7 Å². The number of hydrogen-bond acceptors (Lipinski definition) is 5. The molecule has 1 heterocycles. The highest BCUT2D eigenvalue weighted by atomic mass is 16.5. The van der Waals surface area contributed by atoms with Crippen molar-refractivity contribution in [3.05, 3.63) is 64.2 Å². The Bertz CT molecular complexity index is 1000. The lowest BCUT2D eigenvalue weighted by Crippen LogP contribution is -2.32. The monoisotopic (exact) mass is 422 g/mol. The number of ether oxygens (including phenoxy) is 1. The second kappa shape index (κ2) is 9.12. The summed E-state index contributed by atoms with van der Waals surface area (Å²) in [5, 5.41) is 2.82. The summed E-state index contributed by atoms with van der Waals surface area (Å²) < 4.78 is 5.23. The van der Waals surface area contributed by atoms with Crippen LogP contribution in [-0.2, 0) is 14.3 Å². The van der Waals surface area contributed by atoms with Crippen molar-refractivity contribution in [3.8, 4) is 0 Å². The standard InChI is InChI=1S/C24H26N2O5/c1-14-12-15(2)21(16(3)13-14)25-22(28)17(4)31-20(27)10-7-11-26-23(29)18-8-5-6-9-19(18)24(26)30/h5-6,8-9,12-13,17H,7,10-11H2,1-4H3,(H,25,28)/t17-/m0/s1. The Kier molecular flexibility index (Phi) is 6.53. The predicted octanol–water partition coefficient (Wildman–Crippen LogP) is 3.56. The van der Waals surface area contributed by atoms with Gasteiger partial charge in [-0.05, 0) is 57.4 Å². The molecule has 162 valence electrons. The highest BCUT2D eigenvalue weighted by Gasteiger charge is 2.34. The van der Waals surface area contributed by atoms with E-state index in [1.165, 1.54) is 6.92 Å². The quantitative estimate of drug-likeness (QED) is 0.544. The van der Waals surface area contributed by atoms with Gasteiger partial charge < -0.3 is 10.1 Å². The van der Waals surface area contributed by atoms with E-state index in [1.54, 1.807) is 24.3 Å². The number of esters is 1. The van der Waals surface area contributed by atoms with Crippen LogP contribution in [0.5, 0.6) is 0 Å². The van der Waals surface area contributed by atoms with Gasteiger partial charge in [-0.25, -0.2) is 0 Å². The van der Waals surface area contributed by atoms with Crippen LogP contribution in [0.15, 0.2) is 36.4 Å². The number of fused-ring (bicyclic) bond motifs is 1. The molecule has 31 heavy (non-hydrogen) atoms. The summed E-state index contributed by atoms with van der Waals surface area (Å²) in [4.78, 5) is 50.4. The van der Waals surface area contributed by atoms with Crippen molar-refractivity contribution in [1.82, 2.24) is 4.90 Å². The Morgan fingerprint density at radius 3 is 2.10 bits per heavy atom. The molecule has 1 atom stereocenters. The Balaban J connectivity index is 1.48. The van der Waals surface area contributed by atoms with Crippen LogP contribution in [-0.4, -0.2) is 41.2 Å². The van der Waals surface area contributed by atoms with Crippen LogP contribution in [0.4, 0.5) is 5.69 Å². The molecule has 1 N–H and O–H groups in total. The largest absolute Gasteiger partial charge is 0.453 e. The summed E-state index contributed by atoms with van der Waals surface area (Å²) in [5.41, 5.74) is 4.44. The molecule has 1 aliphatic rings. The molecule has 0 saturated heterocycles. The average molecular weight is 422 g/mol. The summed E-state index contributed by atoms with van der Waals surface area (Å²) in [7, 11) is 0. The van der Waals surface area contributed by atoms with Crippen LogP contribution in [0.2, 0.25) is 0 Å². The van der Waals surface area contributed by atoms with E-state index in [9.17, 15) is 19.2 Å². The van der Waals surface area contributed by atoms with E-state index in [0.29, 0.717) is 16.8 Å². The summed E-state index contributed by atoms with van der Waals surface area (Å²) >= 11 is 0. The molecule has 2 aromatic carbocycles. The Hall–Kier alpha value is -3.48. The summed E-state index contributed by atoms with van der Waals surface area (Å²) in [6, 6.07) is 10.6. The van der Waals surface area contributed by atoms with Gasteiger partial charge in [0, 0.05) is 18.7 Å². The third kappa shape index (κ3) is 4.82. The first-order chi connectivity index (χ1) is 14.7. The van der Waals surface area contributed by atoms with E-state index in [-0.39, 0.29) is 31.2 Å². The Morgan fingerprint density at radius 1 is 1.00 bits per heavy atom. The van der Waals surface area contributed by atoms with Crippen LogP contribution in [0.3, 0.4) is 0 Å². The molecule has 0 aromatic heterocycles. The van der Waals surface area contributed by atoms with Gasteiger partial charge in [-0.1, -0.05) is 29.8 Å². The molecule has 0 radical (unpaired) electrons. The molecular weight excluding hydrogens is 396 g/mol. The number of imide groups is 1. The number of amides is 3. The van der Waals surface area contributed by atoms with E-state index in [1.807, 2.05) is 32.9 Å². The van der Waals surface area contributed by atoms with Crippen LogP contribution < -0.4 is 5.32 Å². The second-order valence-corrected chi connectivity index (χ2v) is 7.81. The van der Waals surface area contributed by atoms with Crippen molar-refractivity contribution in [2.45, 2.75) is 46.6 Å². The minimum absolute atomic E-state index is 0.00634. The normalized spacial score (nSPS) is 13.7. The van der Waals surface area contributed by atoms with E-state index in [4.69, 9.17) is 4.74 Å². The van der Waals surface area contributed by atoms with E-state index >= 15 is 0 Å². The maximum atomic E-state index is 12.4. The zero-order valence-corrected chi connectivity index (χ0v) is 18.2. The molecule has 3 rings (SSSR count). The topological polar surface area (TPSA) is 92.8 Å². The molecule has 0 bridgehead atoms. The number of aryl methyl sites for hydroxylation is 3. The van der Waals surface area contributed by atoms with Crippen LogP contribution >= 0.6 is 0 Å². The number of anilines is 1. The Morgan fingerprint density at radius 2 is 1.55 bits per heavy atom. The summed E-state index contributed by atoms with van der Waals surface area (Å²) in [6.07, 6.45) is -0.713. The van der Waals surface area contributed by atoms with Crippen molar-refractivity contribution in [2.24, 2.45) is 0 Å². The van der Waals surface area contributed by atoms with Gasteiger partial charge in [0.15, 0.2) is 6.10 Å². The lowest BCUT2D eigenvalue weighted by molar-refractivity contribution is -0.153. The SMILES string of the molecule is Cc1cc(C)c(NC(=O)[C@H](C)OC(=O)CCCN2C(=O)c3ccccc3C2=O)c(C)c1. The zero-order chi connectivity index (χ0) is 22.7. The fourth-order valence-corrected chi connectivity index (χ4v) is 3.74. The van der Waals surface area contributed by atoms with Crippen LogP contribution in [0.1, 0.15) is 57.2 Å². The number of nitrogens with one attached hydrogen (secondary N) is 1. The second-order valence-electron chi connectivity index (χ2n) is 7.81. The molecule has 0 saturated carbocycles.